The predicted octanol–water partition coefficient (Wildman–Crippen LogP) is 6.76. The smallest absolute Gasteiger partial charge is 0.210 e. The van der Waals surface area contributed by atoms with Crippen LogP contribution >= 0.6 is 7.81 Å². The monoisotopic (exact) mass is 588 g/mol. The predicted molar refractivity (Wildman–Crippen MR) is 144 cm³/mol. The van der Waals surface area contributed by atoms with E-state index in [0.29, 0.717) is 0 Å². The topological polar surface area (TPSA) is 63.1 Å². The number of rotatable bonds is 0. The first-order chi connectivity index (χ1) is 18.3. The zero-order valence-corrected chi connectivity index (χ0v) is 22.0. The molecule has 0 radical (unpaired) electrons. The van der Waals surface area contributed by atoms with Gasteiger partial charge in [0.2, 0.25) is 5.36 Å². The van der Waals surface area contributed by atoms with Crippen LogP contribution in [-0.4, -0.2) is 26.2 Å². The zero-order chi connectivity index (χ0) is 28.2. The molecule has 5 aliphatic heterocycles. The molecule has 2 aromatic rings. The summed E-state index contributed by atoms with van der Waals surface area (Å²) in [5.74, 6) is 1.96. The average Bonchev–Trinajstić information content (AvgIpc) is 2.88. The number of benzene rings is 2. The van der Waals surface area contributed by atoms with E-state index in [2.05, 4.69) is 34.2 Å². The Labute approximate surface area is 228 Å². The Balaban J connectivity index is 0.000000327. The summed E-state index contributed by atoms with van der Waals surface area (Å²) in [6.07, 6.45) is 9.10. The van der Waals surface area contributed by atoms with E-state index < -0.39 is 7.81 Å². The molecular formula is C28H31F6N4OP. The van der Waals surface area contributed by atoms with Gasteiger partial charge in [-0.2, -0.15) is 5.26 Å². The van der Waals surface area contributed by atoms with Gasteiger partial charge in [-0.05, 0) is 56.2 Å². The van der Waals surface area contributed by atoms with E-state index in [-0.39, 0.29) is 7.43 Å². The third kappa shape index (κ3) is 5.76. The molecule has 7 rings (SSSR count). The van der Waals surface area contributed by atoms with Crippen molar-refractivity contribution in [1.29, 1.82) is 10.5 Å². The minimum absolute atomic E-state index is 0. The van der Waals surface area contributed by atoms with Crippen LogP contribution < -0.4 is 24.8 Å². The molecule has 5 heterocycles. The van der Waals surface area contributed by atoms with Crippen LogP contribution in [0.25, 0.3) is 5.57 Å². The van der Waals surface area contributed by atoms with Gasteiger partial charge in [0, 0.05) is 60.1 Å². The van der Waals surface area contributed by atoms with Crippen molar-refractivity contribution in [2.75, 3.05) is 31.1 Å². The zero-order valence-electron chi connectivity index (χ0n) is 21.1. The van der Waals surface area contributed by atoms with Crippen molar-refractivity contribution >= 4 is 19.1 Å². The number of nitrogens with zero attached hydrogens (tertiary/aromatic N) is 4. The van der Waals surface area contributed by atoms with Gasteiger partial charge >= 0.3 is 33.0 Å². The van der Waals surface area contributed by atoms with Gasteiger partial charge in [0.05, 0.1) is 11.1 Å². The number of anilines is 1. The molecule has 40 heavy (non-hydrogen) atoms. The molecule has 216 valence electrons. The number of halogens is 6. The number of hydrogen-bond donors (Lipinski definition) is 0. The molecule has 5 aliphatic rings. The Morgan fingerprint density at radius 3 is 2.05 bits per heavy atom. The van der Waals surface area contributed by atoms with Crippen molar-refractivity contribution in [1.82, 2.24) is 4.58 Å². The molecule has 12 heteroatoms. The van der Waals surface area contributed by atoms with Crippen molar-refractivity contribution in [2.45, 2.75) is 58.8 Å². The number of nitriles is 2. The van der Waals surface area contributed by atoms with E-state index in [1.54, 1.807) is 0 Å². The number of fused-ring (bicyclic) bond motifs is 4. The Bertz CT molecular complexity index is 1560. The van der Waals surface area contributed by atoms with Gasteiger partial charge in [-0.25, -0.2) is 9.84 Å². The van der Waals surface area contributed by atoms with Gasteiger partial charge in [-0.3, -0.25) is 0 Å². The van der Waals surface area contributed by atoms with Gasteiger partial charge in [0.15, 0.2) is 0 Å². The molecule has 0 amide bonds. The van der Waals surface area contributed by atoms with Crippen LogP contribution in [0.3, 0.4) is 0 Å². The maximum Gasteiger partial charge on any atom is 0.210 e. The molecule has 0 saturated heterocycles. The summed E-state index contributed by atoms with van der Waals surface area (Å²) < 4.78 is 68.6. The maximum atomic E-state index is 10.3. The molecule has 0 fully saturated rings. The maximum absolute atomic E-state index is 10.7. The molecular weight excluding hydrogens is 557 g/mol. The first-order valence-electron chi connectivity index (χ1n) is 12.9. The van der Waals surface area contributed by atoms with E-state index in [0.717, 1.165) is 79.7 Å². The fourth-order valence-corrected chi connectivity index (χ4v) is 6.63. The standard InChI is InChI=1S/C26H26N3O.CHN.CH4.F6P/c27-15-22-20-13-16-5-1-9-28-11-3-7-18(23(16)28)25(20)30-26-19-8-4-12-29-10-2-6-17(24(19)29)14-21(22)26;1-2;;1-7(2,3,4,5)6/h13-14H,1-12H2;1H;1H4;/q+1;;;-1/i15+1,27+1;1+1,2+1;;. The van der Waals surface area contributed by atoms with E-state index >= 15 is 0 Å². The molecule has 0 atom stereocenters. The molecule has 0 bridgehead atoms. The van der Waals surface area contributed by atoms with Crippen molar-refractivity contribution in [3.05, 3.63) is 50.5 Å². The van der Waals surface area contributed by atoms with E-state index in [1.807, 2.05) is 0 Å². The average molecular weight is 589 g/mol. The van der Waals surface area contributed by atoms with Crippen LogP contribution in [0.2, 0.25) is 0 Å². The number of ether oxygens (including phenoxy) is 1. The molecule has 0 spiro atoms. The first kappa shape index (κ1) is 29.7. The Kier molecular flexibility index (Phi) is 7.17. The Morgan fingerprint density at radius 2 is 1.40 bits per heavy atom. The van der Waals surface area contributed by atoms with Gasteiger partial charge < -0.3 is 9.64 Å². The fourth-order valence-electron chi connectivity index (χ4n) is 6.63. The molecule has 0 unspecified atom stereocenters. The van der Waals surface area contributed by atoms with Crippen molar-refractivity contribution in [3.63, 3.8) is 0 Å². The van der Waals surface area contributed by atoms with Crippen LogP contribution in [0.5, 0.6) is 11.5 Å². The van der Waals surface area contributed by atoms with Crippen LogP contribution in [0.4, 0.5) is 30.9 Å². The fraction of sp³-hybridized carbons (Fsp3) is 0.464. The Morgan fingerprint density at radius 1 is 0.825 bits per heavy atom. The van der Waals surface area contributed by atoms with Gasteiger partial charge in [-0.15, -0.1) is 0 Å². The van der Waals surface area contributed by atoms with E-state index in [4.69, 9.17) is 10.00 Å². The molecule has 2 aromatic carbocycles. The molecule has 5 nitrogen and oxygen atoms in total. The minimum Gasteiger partial charge on any atom is -0.455 e. The summed E-state index contributed by atoms with van der Waals surface area (Å²) in [6.45, 7) is 8.10. The summed E-state index contributed by atoms with van der Waals surface area (Å²) in [5, 5.41) is 19.2. The van der Waals surface area contributed by atoms with Crippen molar-refractivity contribution in [2.24, 2.45) is 0 Å². The quantitative estimate of drug-likeness (QED) is 0.112. The SMILES string of the molecule is C.F[P-](F)(F)(F)(F)F.[13CH]#[15N].[15N]#[13C]C1=c2cc3c4c(c2Oc2c1cc1c5c2CCCN5CCC1)CCC[N+]=4CCC3. The largest absolute Gasteiger partial charge is 0.455 e. The second kappa shape index (κ2) is 9.66. The molecule has 0 aliphatic carbocycles. The van der Waals surface area contributed by atoms with Gasteiger partial charge in [-0.1, -0.05) is 7.43 Å². The van der Waals surface area contributed by atoms with Gasteiger partial charge in [0.25, 0.3) is 0 Å². The van der Waals surface area contributed by atoms with Crippen LogP contribution in [0, 0.1) is 23.2 Å². The minimum atomic E-state index is -10.7. The van der Waals surface area contributed by atoms with Crippen molar-refractivity contribution in [3.8, 4) is 24.1 Å². The third-order valence-corrected chi connectivity index (χ3v) is 7.80. The summed E-state index contributed by atoms with van der Waals surface area (Å²) in [4.78, 5) is 2.56. The second-order valence-electron chi connectivity index (χ2n) is 10.4. The summed E-state index contributed by atoms with van der Waals surface area (Å²) >= 11 is 0. The van der Waals surface area contributed by atoms with Crippen LogP contribution in [0.1, 0.15) is 60.9 Å². The summed E-state index contributed by atoms with van der Waals surface area (Å²) in [6, 6.07) is 7.16. The van der Waals surface area contributed by atoms with Crippen molar-refractivity contribution < 1.29 is 29.9 Å². The van der Waals surface area contributed by atoms with Crippen LogP contribution in [-0.2, 0) is 25.7 Å². The number of hydrogen-bond acceptors (Lipinski definition) is 4. The summed E-state index contributed by atoms with van der Waals surface area (Å²) in [7, 11) is -10.7. The summed E-state index contributed by atoms with van der Waals surface area (Å²) in [5.41, 5.74) is 8.82. The molecule has 0 aromatic heterocycles. The van der Waals surface area contributed by atoms with E-state index in [9.17, 15) is 30.4 Å². The van der Waals surface area contributed by atoms with Gasteiger partial charge in [0.1, 0.15) is 30.7 Å². The molecule has 0 N–H and O–H groups in total. The van der Waals surface area contributed by atoms with Crippen LogP contribution in [0.15, 0.2) is 12.1 Å². The number of aryl methyl sites for hydroxylation is 2. The normalized spacial score (nSPS) is 19.4. The second-order valence-corrected chi connectivity index (χ2v) is 12.3. The third-order valence-electron chi connectivity index (χ3n) is 7.80. The Hall–Kier alpha value is -3.30. The van der Waals surface area contributed by atoms with E-state index in [1.165, 1.54) is 59.0 Å². The molecule has 0 saturated carbocycles. The first-order valence-corrected chi connectivity index (χ1v) is 15.0.